The van der Waals surface area contributed by atoms with Gasteiger partial charge in [0.15, 0.2) is 11.6 Å². The molecule has 0 aliphatic carbocycles. The Morgan fingerprint density at radius 2 is 2.08 bits per heavy atom. The van der Waals surface area contributed by atoms with Gasteiger partial charge in [0.25, 0.3) is 0 Å². The van der Waals surface area contributed by atoms with Crippen molar-refractivity contribution in [2.45, 2.75) is 6.29 Å². The van der Waals surface area contributed by atoms with Crippen molar-refractivity contribution in [2.24, 2.45) is 0 Å². The minimum absolute atomic E-state index is 0.309. The summed E-state index contributed by atoms with van der Waals surface area (Å²) in [6.45, 7) is 0. The molecular weight excluding hydrogens is 173 g/mol. The molecule has 1 radical (unpaired) electrons. The molecule has 0 fully saturated rings. The maximum atomic E-state index is 12.6. The third-order valence-corrected chi connectivity index (χ3v) is 1.32. The summed E-state index contributed by atoms with van der Waals surface area (Å²) in [5, 5.41) is 0. The number of hydrogen-bond donors (Lipinski definition) is 0. The number of rotatable bonds is 0. The van der Waals surface area contributed by atoms with E-state index >= 15 is 0 Å². The van der Waals surface area contributed by atoms with E-state index in [0.29, 0.717) is 0 Å². The van der Waals surface area contributed by atoms with Crippen LogP contribution in [-0.4, -0.2) is 6.29 Å². The SMILES string of the molecule is Fc1[c]ccc2c1OC(F)(F)O2. The Morgan fingerprint density at radius 3 is 2.75 bits per heavy atom. The number of halogens is 3. The van der Waals surface area contributed by atoms with E-state index in [2.05, 4.69) is 15.5 Å². The van der Waals surface area contributed by atoms with E-state index < -0.39 is 17.9 Å². The average Bonchev–Trinajstić information content (AvgIpc) is 2.25. The maximum Gasteiger partial charge on any atom is 0.586 e. The zero-order valence-corrected chi connectivity index (χ0v) is 5.61. The van der Waals surface area contributed by atoms with Gasteiger partial charge in [-0.3, -0.25) is 0 Å². The van der Waals surface area contributed by atoms with Crippen LogP contribution in [0.1, 0.15) is 0 Å². The zero-order chi connectivity index (χ0) is 8.77. The largest absolute Gasteiger partial charge is 0.586 e. The Hall–Kier alpha value is -1.39. The van der Waals surface area contributed by atoms with E-state index in [9.17, 15) is 13.2 Å². The summed E-state index contributed by atoms with van der Waals surface area (Å²) in [5.41, 5.74) is 0. The van der Waals surface area contributed by atoms with Gasteiger partial charge in [0.1, 0.15) is 0 Å². The van der Waals surface area contributed by atoms with Crippen LogP contribution in [0.5, 0.6) is 11.5 Å². The van der Waals surface area contributed by atoms with Gasteiger partial charge in [-0.1, -0.05) is 0 Å². The normalized spacial score (nSPS) is 17.9. The molecule has 0 bridgehead atoms. The lowest BCUT2D eigenvalue weighted by molar-refractivity contribution is -0.287. The van der Waals surface area contributed by atoms with Crippen LogP contribution in [0.2, 0.25) is 0 Å². The Morgan fingerprint density at radius 1 is 1.33 bits per heavy atom. The fraction of sp³-hybridized carbons (Fsp3) is 0.143. The van der Waals surface area contributed by atoms with Gasteiger partial charge < -0.3 is 9.47 Å². The third-order valence-electron chi connectivity index (χ3n) is 1.32. The summed E-state index contributed by atoms with van der Waals surface area (Å²) >= 11 is 0. The first-order valence-electron chi connectivity index (χ1n) is 3.04. The molecule has 1 aromatic carbocycles. The molecule has 0 aromatic heterocycles. The van der Waals surface area contributed by atoms with Crippen molar-refractivity contribution in [1.29, 1.82) is 0 Å². The van der Waals surface area contributed by atoms with Crippen molar-refractivity contribution in [1.82, 2.24) is 0 Å². The summed E-state index contributed by atoms with van der Waals surface area (Å²) < 4.78 is 45.0. The Balaban J connectivity index is 2.48. The second-order valence-corrected chi connectivity index (χ2v) is 2.15. The van der Waals surface area contributed by atoms with E-state index in [1.807, 2.05) is 0 Å². The fourth-order valence-corrected chi connectivity index (χ4v) is 0.883. The summed E-state index contributed by atoms with van der Waals surface area (Å²) in [7, 11) is 0. The van der Waals surface area contributed by atoms with Gasteiger partial charge in [-0.15, -0.1) is 8.78 Å². The summed E-state index contributed by atoms with van der Waals surface area (Å²) in [5.74, 6) is -1.89. The predicted molar refractivity (Wildman–Crippen MR) is 31.4 cm³/mol. The van der Waals surface area contributed by atoms with Gasteiger partial charge in [-0.25, -0.2) is 4.39 Å². The lowest BCUT2D eigenvalue weighted by Crippen LogP contribution is -2.26. The molecule has 1 aromatic rings. The van der Waals surface area contributed by atoms with Crippen LogP contribution in [0.4, 0.5) is 13.2 Å². The molecule has 0 spiro atoms. The second kappa shape index (κ2) is 2.06. The van der Waals surface area contributed by atoms with Gasteiger partial charge in [0.05, 0.1) is 0 Å². The van der Waals surface area contributed by atoms with Crippen molar-refractivity contribution in [2.75, 3.05) is 0 Å². The summed E-state index contributed by atoms with van der Waals surface area (Å²) in [6, 6.07) is 4.35. The first-order chi connectivity index (χ1) is 5.58. The first-order valence-corrected chi connectivity index (χ1v) is 3.04. The number of alkyl halides is 2. The van der Waals surface area contributed by atoms with Crippen molar-refractivity contribution in [3.05, 3.63) is 24.0 Å². The highest BCUT2D eigenvalue weighted by Crippen LogP contribution is 2.41. The monoisotopic (exact) mass is 175 g/mol. The lowest BCUT2D eigenvalue weighted by Gasteiger charge is -2.04. The smallest absolute Gasteiger partial charge is 0.395 e. The third kappa shape index (κ3) is 0.975. The molecule has 0 amide bonds. The van der Waals surface area contributed by atoms with Crippen molar-refractivity contribution in [3.8, 4) is 11.5 Å². The molecule has 1 aliphatic heterocycles. The van der Waals surface area contributed by atoms with Crippen LogP contribution in [-0.2, 0) is 0 Å². The molecule has 0 saturated carbocycles. The molecule has 0 saturated heterocycles. The van der Waals surface area contributed by atoms with Gasteiger partial charge in [0, 0.05) is 6.07 Å². The summed E-state index contributed by atoms with van der Waals surface area (Å²) in [4.78, 5) is 0. The molecule has 12 heavy (non-hydrogen) atoms. The Labute approximate surface area is 65.5 Å². The Kier molecular flexibility index (Phi) is 1.25. The number of hydrogen-bond acceptors (Lipinski definition) is 2. The topological polar surface area (TPSA) is 18.5 Å². The summed E-state index contributed by atoms with van der Waals surface area (Å²) in [6.07, 6.45) is -3.77. The van der Waals surface area contributed by atoms with E-state index in [-0.39, 0.29) is 5.75 Å². The molecular formula is C7H2F3O2. The average molecular weight is 175 g/mol. The Bertz CT molecular complexity index is 324. The molecule has 0 N–H and O–H groups in total. The molecule has 0 atom stereocenters. The van der Waals surface area contributed by atoms with E-state index in [0.717, 1.165) is 12.1 Å². The first kappa shape index (κ1) is 7.27. The maximum absolute atomic E-state index is 12.6. The van der Waals surface area contributed by atoms with E-state index in [1.165, 1.54) is 0 Å². The molecule has 1 heterocycles. The van der Waals surface area contributed by atoms with Crippen LogP contribution in [0.15, 0.2) is 12.1 Å². The highest BCUT2D eigenvalue weighted by molar-refractivity contribution is 5.42. The molecule has 5 heteroatoms. The molecule has 1 aliphatic rings. The highest BCUT2D eigenvalue weighted by atomic mass is 19.3. The van der Waals surface area contributed by atoms with Crippen LogP contribution in [0.3, 0.4) is 0 Å². The quantitative estimate of drug-likeness (QED) is 0.599. The van der Waals surface area contributed by atoms with Gasteiger partial charge >= 0.3 is 6.29 Å². The van der Waals surface area contributed by atoms with Gasteiger partial charge in [-0.2, -0.15) is 0 Å². The molecule has 0 unspecified atom stereocenters. The second-order valence-electron chi connectivity index (χ2n) is 2.15. The van der Waals surface area contributed by atoms with Crippen molar-refractivity contribution in [3.63, 3.8) is 0 Å². The van der Waals surface area contributed by atoms with Crippen molar-refractivity contribution < 1.29 is 22.6 Å². The standard InChI is InChI=1S/C7H2F3O2/c8-4-2-1-3-5-6(4)12-7(9,10)11-5/h1,3H. The van der Waals surface area contributed by atoms with E-state index in [1.54, 1.807) is 0 Å². The number of benzene rings is 1. The van der Waals surface area contributed by atoms with Gasteiger partial charge in [0.2, 0.25) is 5.75 Å². The zero-order valence-electron chi connectivity index (χ0n) is 5.61. The molecule has 2 nitrogen and oxygen atoms in total. The minimum Gasteiger partial charge on any atom is -0.395 e. The van der Waals surface area contributed by atoms with Gasteiger partial charge in [-0.05, 0) is 12.1 Å². The fourth-order valence-electron chi connectivity index (χ4n) is 0.883. The van der Waals surface area contributed by atoms with Crippen LogP contribution >= 0.6 is 0 Å². The number of fused-ring (bicyclic) bond motifs is 1. The minimum atomic E-state index is -3.77. The predicted octanol–water partition coefficient (Wildman–Crippen LogP) is 1.95. The lowest BCUT2D eigenvalue weighted by atomic mass is 10.3. The van der Waals surface area contributed by atoms with Crippen molar-refractivity contribution >= 4 is 0 Å². The van der Waals surface area contributed by atoms with Crippen LogP contribution in [0.25, 0.3) is 0 Å². The van der Waals surface area contributed by atoms with E-state index in [4.69, 9.17) is 0 Å². The van der Waals surface area contributed by atoms with Crippen LogP contribution < -0.4 is 9.47 Å². The molecule has 63 valence electrons. The van der Waals surface area contributed by atoms with Crippen LogP contribution in [0, 0.1) is 11.9 Å². The number of ether oxygens (including phenoxy) is 2. The highest BCUT2D eigenvalue weighted by Gasteiger charge is 2.44. The molecule has 2 rings (SSSR count).